The molecule has 1 atom stereocenters. The van der Waals surface area contributed by atoms with E-state index in [9.17, 15) is 8.78 Å². The molecule has 0 spiro atoms. The van der Waals surface area contributed by atoms with Crippen molar-refractivity contribution in [3.05, 3.63) is 70.8 Å². The Kier molecular flexibility index (Phi) is 4.70. The van der Waals surface area contributed by atoms with Gasteiger partial charge >= 0.3 is 0 Å². The van der Waals surface area contributed by atoms with E-state index in [1.807, 2.05) is 30.3 Å². The van der Waals surface area contributed by atoms with Gasteiger partial charge in [-0.1, -0.05) is 52.3 Å². The molecular weight excluding hydrogens is 310 g/mol. The van der Waals surface area contributed by atoms with Crippen LogP contribution in [0.4, 0.5) is 8.78 Å². The monoisotopic (exact) mass is 324 g/mol. The van der Waals surface area contributed by atoms with Crippen LogP contribution in [0.1, 0.15) is 27.9 Å². The van der Waals surface area contributed by atoms with Crippen LogP contribution in [-0.4, -0.2) is 0 Å². The summed E-state index contributed by atoms with van der Waals surface area (Å²) in [5.74, 6) is -0.886. The van der Waals surface area contributed by atoms with Crippen LogP contribution in [0.2, 0.25) is 0 Å². The summed E-state index contributed by atoms with van der Waals surface area (Å²) >= 11 is 3.57. The number of aryl methyl sites for hydroxylation is 1. The van der Waals surface area contributed by atoms with Crippen LogP contribution in [0.25, 0.3) is 0 Å². The molecule has 100 valence electrons. The van der Waals surface area contributed by atoms with Crippen molar-refractivity contribution in [3.8, 4) is 0 Å². The van der Waals surface area contributed by atoms with Crippen molar-refractivity contribution in [3.63, 3.8) is 0 Å². The minimum atomic E-state index is -0.462. The van der Waals surface area contributed by atoms with Gasteiger partial charge in [0.2, 0.25) is 0 Å². The van der Waals surface area contributed by atoms with Gasteiger partial charge in [0.05, 0.1) is 0 Å². The number of benzene rings is 2. The fourth-order valence-electron chi connectivity index (χ4n) is 2.04. The van der Waals surface area contributed by atoms with E-state index in [2.05, 4.69) is 15.9 Å². The van der Waals surface area contributed by atoms with Gasteiger partial charge in [-0.15, -0.1) is 0 Å². The standard InChI is InChI=1S/C16H15BrF2/c1-11-7-10-15(18)13(16(11)19)8-9-14(17)12-5-3-2-4-6-12/h2-7,10,14H,8-9H2,1H3. The molecular formula is C16H15BrF2. The first-order valence-electron chi connectivity index (χ1n) is 6.22. The zero-order valence-electron chi connectivity index (χ0n) is 10.7. The predicted octanol–water partition coefficient (Wildman–Crippen LogP) is 5.34. The van der Waals surface area contributed by atoms with E-state index in [1.54, 1.807) is 6.92 Å². The van der Waals surface area contributed by atoms with Crippen LogP contribution in [-0.2, 0) is 6.42 Å². The second-order valence-electron chi connectivity index (χ2n) is 4.57. The molecule has 0 heterocycles. The first kappa shape index (κ1) is 14.2. The zero-order chi connectivity index (χ0) is 13.8. The summed E-state index contributed by atoms with van der Waals surface area (Å²) in [7, 11) is 0. The van der Waals surface area contributed by atoms with Crippen LogP contribution >= 0.6 is 15.9 Å². The number of alkyl halides is 1. The van der Waals surface area contributed by atoms with Gasteiger partial charge in [-0.25, -0.2) is 8.78 Å². The van der Waals surface area contributed by atoms with E-state index in [-0.39, 0.29) is 10.4 Å². The molecule has 0 aliphatic carbocycles. The highest BCUT2D eigenvalue weighted by Crippen LogP contribution is 2.29. The molecule has 0 aromatic heterocycles. The van der Waals surface area contributed by atoms with Crippen molar-refractivity contribution < 1.29 is 8.78 Å². The molecule has 0 saturated heterocycles. The van der Waals surface area contributed by atoms with Gasteiger partial charge in [0.15, 0.2) is 0 Å². The predicted molar refractivity (Wildman–Crippen MR) is 77.5 cm³/mol. The quantitative estimate of drug-likeness (QED) is 0.666. The molecule has 0 amide bonds. The van der Waals surface area contributed by atoms with Crippen LogP contribution in [0, 0.1) is 18.6 Å². The molecule has 1 unspecified atom stereocenters. The summed E-state index contributed by atoms with van der Waals surface area (Å²) in [6.07, 6.45) is 1.03. The maximum atomic E-state index is 13.9. The van der Waals surface area contributed by atoms with Gasteiger partial charge in [0.25, 0.3) is 0 Å². The van der Waals surface area contributed by atoms with Crippen LogP contribution in [0.5, 0.6) is 0 Å². The maximum Gasteiger partial charge on any atom is 0.132 e. The number of halogens is 3. The molecule has 0 aliphatic heterocycles. The van der Waals surface area contributed by atoms with Gasteiger partial charge < -0.3 is 0 Å². The topological polar surface area (TPSA) is 0 Å². The van der Waals surface area contributed by atoms with Crippen molar-refractivity contribution >= 4 is 15.9 Å². The third kappa shape index (κ3) is 3.41. The fraction of sp³-hybridized carbons (Fsp3) is 0.250. The Bertz CT molecular complexity index is 552. The Balaban J connectivity index is 2.09. The molecule has 2 aromatic rings. The van der Waals surface area contributed by atoms with Gasteiger partial charge in [-0.05, 0) is 37.0 Å². The molecule has 19 heavy (non-hydrogen) atoms. The average molecular weight is 325 g/mol. The molecule has 0 radical (unpaired) electrons. The lowest BCUT2D eigenvalue weighted by Gasteiger charge is -2.12. The van der Waals surface area contributed by atoms with Crippen LogP contribution in [0.15, 0.2) is 42.5 Å². The normalized spacial score (nSPS) is 12.4. The van der Waals surface area contributed by atoms with Crippen molar-refractivity contribution in [2.24, 2.45) is 0 Å². The van der Waals surface area contributed by atoms with E-state index < -0.39 is 11.6 Å². The minimum Gasteiger partial charge on any atom is -0.207 e. The van der Waals surface area contributed by atoms with E-state index in [4.69, 9.17) is 0 Å². The molecule has 0 N–H and O–H groups in total. The Morgan fingerprint density at radius 1 is 1.05 bits per heavy atom. The van der Waals surface area contributed by atoms with E-state index in [0.717, 1.165) is 5.56 Å². The second-order valence-corrected chi connectivity index (χ2v) is 5.68. The molecule has 0 nitrogen and oxygen atoms in total. The summed E-state index contributed by atoms with van der Waals surface area (Å²) in [6.45, 7) is 1.65. The van der Waals surface area contributed by atoms with Crippen molar-refractivity contribution in [2.45, 2.75) is 24.6 Å². The van der Waals surface area contributed by atoms with Gasteiger partial charge in [-0.2, -0.15) is 0 Å². The Hall–Kier alpha value is -1.22. The highest BCUT2D eigenvalue weighted by molar-refractivity contribution is 9.09. The van der Waals surface area contributed by atoms with Crippen molar-refractivity contribution in [1.29, 1.82) is 0 Å². The molecule has 3 heteroatoms. The van der Waals surface area contributed by atoms with Crippen molar-refractivity contribution in [2.75, 3.05) is 0 Å². The van der Waals surface area contributed by atoms with Gasteiger partial charge in [0, 0.05) is 10.4 Å². The summed E-state index contributed by atoms with van der Waals surface area (Å²) in [5, 5.41) is 0. The largest absolute Gasteiger partial charge is 0.207 e. The highest BCUT2D eigenvalue weighted by Gasteiger charge is 2.14. The van der Waals surface area contributed by atoms with E-state index in [1.165, 1.54) is 12.1 Å². The van der Waals surface area contributed by atoms with Crippen LogP contribution < -0.4 is 0 Å². The Morgan fingerprint density at radius 2 is 1.74 bits per heavy atom. The molecule has 2 aromatic carbocycles. The first-order valence-corrected chi connectivity index (χ1v) is 7.13. The maximum absolute atomic E-state index is 13.9. The first-order chi connectivity index (χ1) is 9.09. The molecule has 0 saturated carbocycles. The fourth-order valence-corrected chi connectivity index (χ4v) is 2.58. The smallest absolute Gasteiger partial charge is 0.132 e. The lowest BCUT2D eigenvalue weighted by atomic mass is 10.0. The Labute approximate surface area is 120 Å². The Morgan fingerprint density at radius 3 is 2.42 bits per heavy atom. The number of rotatable bonds is 4. The van der Waals surface area contributed by atoms with Gasteiger partial charge in [-0.3, -0.25) is 0 Å². The average Bonchev–Trinajstić information content (AvgIpc) is 2.44. The lowest BCUT2D eigenvalue weighted by Crippen LogP contribution is -2.01. The third-order valence-electron chi connectivity index (χ3n) is 3.19. The number of hydrogen-bond donors (Lipinski definition) is 0. The van der Waals surface area contributed by atoms with Crippen molar-refractivity contribution in [1.82, 2.24) is 0 Å². The van der Waals surface area contributed by atoms with E-state index >= 15 is 0 Å². The lowest BCUT2D eigenvalue weighted by molar-refractivity contribution is 0.544. The summed E-state index contributed by atoms with van der Waals surface area (Å²) < 4.78 is 27.5. The molecule has 0 fully saturated rings. The minimum absolute atomic E-state index is 0.105. The molecule has 0 aliphatic rings. The van der Waals surface area contributed by atoms with Crippen LogP contribution in [0.3, 0.4) is 0 Å². The van der Waals surface area contributed by atoms with Gasteiger partial charge in [0.1, 0.15) is 11.6 Å². The third-order valence-corrected chi connectivity index (χ3v) is 4.17. The second kappa shape index (κ2) is 6.29. The zero-order valence-corrected chi connectivity index (χ0v) is 12.3. The molecule has 2 rings (SSSR count). The SMILES string of the molecule is Cc1ccc(F)c(CCC(Br)c2ccccc2)c1F. The summed E-state index contributed by atoms with van der Waals surface area (Å²) in [4.78, 5) is 0.105. The molecule has 0 bridgehead atoms. The van der Waals surface area contributed by atoms with E-state index in [0.29, 0.717) is 18.4 Å². The summed E-state index contributed by atoms with van der Waals surface area (Å²) in [6, 6.07) is 12.7. The highest BCUT2D eigenvalue weighted by atomic mass is 79.9. The number of hydrogen-bond acceptors (Lipinski definition) is 0. The summed E-state index contributed by atoms with van der Waals surface area (Å²) in [5.41, 5.74) is 1.79.